The second-order valence-corrected chi connectivity index (χ2v) is 6.75. The quantitative estimate of drug-likeness (QED) is 0.711. The predicted octanol–water partition coefficient (Wildman–Crippen LogP) is 5.62. The topological polar surface area (TPSA) is 3.24 Å². The maximum Gasteiger partial charge on any atom is 0.0795 e. The summed E-state index contributed by atoms with van der Waals surface area (Å²) in [4.78, 5) is 2.52. The number of hydrogen-bond donors (Lipinski definition) is 0. The molecular formula is C22H27N. The van der Waals surface area contributed by atoms with Crippen LogP contribution in [0.2, 0.25) is 0 Å². The largest absolute Gasteiger partial charge is 0.367 e. The van der Waals surface area contributed by atoms with Crippen molar-refractivity contribution in [2.45, 2.75) is 46.6 Å². The van der Waals surface area contributed by atoms with Crippen molar-refractivity contribution < 1.29 is 0 Å². The van der Waals surface area contributed by atoms with Crippen LogP contribution in [0.1, 0.15) is 52.3 Å². The molecule has 0 fully saturated rings. The first-order valence-corrected chi connectivity index (χ1v) is 8.64. The van der Waals surface area contributed by atoms with E-state index in [2.05, 4.69) is 81.3 Å². The van der Waals surface area contributed by atoms with Gasteiger partial charge in [-0.15, -0.1) is 0 Å². The summed E-state index contributed by atoms with van der Waals surface area (Å²) in [5.41, 5.74) is 8.45. The van der Waals surface area contributed by atoms with Gasteiger partial charge in [-0.25, -0.2) is 0 Å². The van der Waals surface area contributed by atoms with Crippen LogP contribution < -0.4 is 0 Å². The number of aryl methyl sites for hydroxylation is 2. The highest BCUT2D eigenvalue weighted by Crippen LogP contribution is 2.35. The molecule has 120 valence electrons. The smallest absolute Gasteiger partial charge is 0.0795 e. The summed E-state index contributed by atoms with van der Waals surface area (Å²) in [7, 11) is 0. The van der Waals surface area contributed by atoms with Gasteiger partial charge in [0.15, 0.2) is 0 Å². The van der Waals surface area contributed by atoms with Crippen molar-refractivity contribution in [3.05, 3.63) is 82.1 Å². The Bertz CT molecular complexity index is 675. The third-order valence-corrected chi connectivity index (χ3v) is 5.30. The van der Waals surface area contributed by atoms with Crippen molar-refractivity contribution in [3.8, 4) is 0 Å². The molecule has 0 saturated carbocycles. The van der Waals surface area contributed by atoms with Crippen molar-refractivity contribution in [2.24, 2.45) is 0 Å². The number of nitrogens with zero attached hydrogens (tertiary/aromatic N) is 1. The van der Waals surface area contributed by atoms with Gasteiger partial charge in [0.25, 0.3) is 0 Å². The minimum absolute atomic E-state index is 0.311. The van der Waals surface area contributed by atoms with Crippen molar-refractivity contribution in [1.82, 2.24) is 4.90 Å². The van der Waals surface area contributed by atoms with Gasteiger partial charge in [0, 0.05) is 6.54 Å². The molecule has 0 atom stereocenters. The van der Waals surface area contributed by atoms with Crippen LogP contribution in [0.15, 0.2) is 48.7 Å². The lowest BCUT2D eigenvalue weighted by Crippen LogP contribution is -2.28. The van der Waals surface area contributed by atoms with Crippen LogP contribution in [0, 0.1) is 27.7 Å². The summed E-state index contributed by atoms with van der Waals surface area (Å²) in [5.74, 6) is 0. The van der Waals surface area contributed by atoms with Gasteiger partial charge in [-0.05, 0) is 80.1 Å². The van der Waals surface area contributed by atoms with Crippen molar-refractivity contribution >= 4 is 0 Å². The van der Waals surface area contributed by atoms with E-state index in [0.717, 1.165) is 6.54 Å². The number of benzene rings is 2. The highest BCUT2D eigenvalue weighted by molar-refractivity contribution is 5.45. The fraction of sp³-hybridized carbons (Fsp3) is 0.364. The zero-order valence-electron chi connectivity index (χ0n) is 14.8. The monoisotopic (exact) mass is 305 g/mol. The van der Waals surface area contributed by atoms with E-state index in [1.165, 1.54) is 46.2 Å². The average Bonchev–Trinajstić information content (AvgIpc) is 2.56. The molecule has 0 radical (unpaired) electrons. The van der Waals surface area contributed by atoms with E-state index in [-0.39, 0.29) is 0 Å². The zero-order chi connectivity index (χ0) is 16.4. The molecule has 1 aliphatic heterocycles. The second-order valence-electron chi connectivity index (χ2n) is 6.75. The summed E-state index contributed by atoms with van der Waals surface area (Å²) in [6.45, 7) is 10.1. The van der Waals surface area contributed by atoms with Crippen LogP contribution in [0.25, 0.3) is 0 Å². The van der Waals surface area contributed by atoms with Gasteiger partial charge in [-0.3, -0.25) is 0 Å². The second kappa shape index (κ2) is 6.62. The van der Waals surface area contributed by atoms with E-state index in [1.54, 1.807) is 0 Å². The molecule has 1 nitrogen and oxygen atoms in total. The molecule has 0 aromatic heterocycles. The Kier molecular flexibility index (Phi) is 4.56. The molecule has 0 bridgehead atoms. The standard InChI is InChI=1S/C22H27N/c1-16-10-8-12-20(18(16)3)22(23-14-6-5-7-15-23)21-13-9-11-17(2)19(21)4/h6,8-14,22H,5,7,15H2,1-4H3. The van der Waals surface area contributed by atoms with E-state index in [9.17, 15) is 0 Å². The highest BCUT2D eigenvalue weighted by atomic mass is 15.1. The maximum atomic E-state index is 2.52. The van der Waals surface area contributed by atoms with Gasteiger partial charge in [0.2, 0.25) is 0 Å². The molecule has 2 aromatic carbocycles. The Hall–Kier alpha value is -2.02. The van der Waals surface area contributed by atoms with Crippen molar-refractivity contribution in [3.63, 3.8) is 0 Å². The van der Waals surface area contributed by atoms with Crippen LogP contribution in [0.5, 0.6) is 0 Å². The van der Waals surface area contributed by atoms with Gasteiger partial charge >= 0.3 is 0 Å². The maximum absolute atomic E-state index is 2.52. The molecule has 0 spiro atoms. The first-order chi connectivity index (χ1) is 11.1. The Morgan fingerprint density at radius 2 is 1.39 bits per heavy atom. The Labute approximate surface area is 140 Å². The summed E-state index contributed by atoms with van der Waals surface area (Å²) < 4.78 is 0. The first kappa shape index (κ1) is 15.9. The third-order valence-electron chi connectivity index (χ3n) is 5.30. The molecule has 0 saturated heterocycles. The van der Waals surface area contributed by atoms with E-state index in [1.807, 2.05) is 0 Å². The van der Waals surface area contributed by atoms with Gasteiger partial charge < -0.3 is 4.90 Å². The fourth-order valence-corrected chi connectivity index (χ4v) is 3.56. The fourth-order valence-electron chi connectivity index (χ4n) is 3.56. The molecule has 2 aromatic rings. The van der Waals surface area contributed by atoms with Crippen LogP contribution >= 0.6 is 0 Å². The van der Waals surface area contributed by atoms with E-state index in [0.29, 0.717) is 6.04 Å². The predicted molar refractivity (Wildman–Crippen MR) is 98.8 cm³/mol. The molecule has 0 aliphatic carbocycles. The first-order valence-electron chi connectivity index (χ1n) is 8.64. The lowest BCUT2D eigenvalue weighted by atomic mass is 9.87. The lowest BCUT2D eigenvalue weighted by Gasteiger charge is -2.35. The normalized spacial score (nSPS) is 14.6. The lowest BCUT2D eigenvalue weighted by molar-refractivity contribution is 0.299. The third kappa shape index (κ3) is 3.06. The van der Waals surface area contributed by atoms with Gasteiger partial charge in [-0.2, -0.15) is 0 Å². The Morgan fingerprint density at radius 3 is 1.87 bits per heavy atom. The minimum Gasteiger partial charge on any atom is -0.367 e. The minimum atomic E-state index is 0.311. The average molecular weight is 305 g/mol. The molecular weight excluding hydrogens is 278 g/mol. The Morgan fingerprint density at radius 1 is 0.826 bits per heavy atom. The van der Waals surface area contributed by atoms with Crippen LogP contribution in [-0.2, 0) is 0 Å². The Balaban J connectivity index is 2.18. The molecule has 1 heterocycles. The number of rotatable bonds is 3. The number of hydrogen-bond acceptors (Lipinski definition) is 1. The van der Waals surface area contributed by atoms with Crippen LogP contribution in [0.3, 0.4) is 0 Å². The summed E-state index contributed by atoms with van der Waals surface area (Å²) in [5, 5.41) is 0. The van der Waals surface area contributed by atoms with Crippen LogP contribution in [-0.4, -0.2) is 11.4 Å². The summed E-state index contributed by atoms with van der Waals surface area (Å²) in [6, 6.07) is 13.7. The highest BCUT2D eigenvalue weighted by Gasteiger charge is 2.24. The summed E-state index contributed by atoms with van der Waals surface area (Å²) in [6.07, 6.45) is 7.05. The molecule has 3 rings (SSSR count). The zero-order valence-corrected chi connectivity index (χ0v) is 14.8. The molecule has 0 unspecified atom stereocenters. The molecule has 1 heteroatoms. The van der Waals surface area contributed by atoms with Crippen molar-refractivity contribution in [2.75, 3.05) is 6.54 Å². The van der Waals surface area contributed by atoms with E-state index >= 15 is 0 Å². The van der Waals surface area contributed by atoms with Gasteiger partial charge in [0.1, 0.15) is 0 Å². The number of allylic oxidation sites excluding steroid dienone is 1. The molecule has 0 N–H and O–H groups in total. The summed E-state index contributed by atoms with van der Waals surface area (Å²) >= 11 is 0. The van der Waals surface area contributed by atoms with Crippen LogP contribution in [0.4, 0.5) is 0 Å². The van der Waals surface area contributed by atoms with Gasteiger partial charge in [-0.1, -0.05) is 42.5 Å². The van der Waals surface area contributed by atoms with E-state index in [4.69, 9.17) is 0 Å². The molecule has 0 amide bonds. The van der Waals surface area contributed by atoms with Crippen molar-refractivity contribution in [1.29, 1.82) is 0 Å². The molecule has 1 aliphatic rings. The van der Waals surface area contributed by atoms with E-state index < -0.39 is 0 Å². The molecule has 23 heavy (non-hydrogen) atoms. The van der Waals surface area contributed by atoms with Gasteiger partial charge in [0.05, 0.1) is 6.04 Å². The SMILES string of the molecule is Cc1cccc(C(c2cccc(C)c2C)N2C=CCCC2)c1C.